The summed E-state index contributed by atoms with van der Waals surface area (Å²) < 4.78 is 1.85. The first kappa shape index (κ1) is 18.9. The molecule has 0 saturated heterocycles. The third-order valence-electron chi connectivity index (χ3n) is 4.37. The summed E-state index contributed by atoms with van der Waals surface area (Å²) in [4.78, 5) is 18.8. The summed E-state index contributed by atoms with van der Waals surface area (Å²) in [6.45, 7) is 2.52. The molecule has 4 aromatic rings. The zero-order valence-corrected chi connectivity index (χ0v) is 17.3. The van der Waals surface area contributed by atoms with Gasteiger partial charge in [-0.05, 0) is 43.3 Å². The highest BCUT2D eigenvalue weighted by atomic mass is 35.5. The molecule has 5 nitrogen and oxygen atoms in total. The van der Waals surface area contributed by atoms with Crippen LogP contribution in [0.2, 0.25) is 10.0 Å². The maximum atomic E-state index is 12.3. The van der Waals surface area contributed by atoms with E-state index >= 15 is 0 Å². The molecule has 0 unspecified atom stereocenters. The molecule has 1 N–H and O–H groups in total. The van der Waals surface area contributed by atoms with Gasteiger partial charge < -0.3 is 5.32 Å². The number of nitrogens with zero attached hydrogens (tertiary/aromatic N) is 3. The van der Waals surface area contributed by atoms with Crippen LogP contribution in [0.4, 0.5) is 0 Å². The predicted octanol–water partition coefficient (Wildman–Crippen LogP) is 5.05. The Morgan fingerprint density at radius 3 is 2.61 bits per heavy atom. The minimum Gasteiger partial charge on any atom is -0.352 e. The highest BCUT2D eigenvalue weighted by molar-refractivity contribution is 7.17. The number of benzene rings is 2. The average molecular weight is 431 g/mol. The standard InChI is InChI=1S/C20H16Cl2N4OS/c1-12-17(10-11-23-19(27)15-4-2-3-5-16(15)22)28-20-24-18(25-26(12)20)13-6-8-14(21)9-7-13/h2-9H,10-11H2,1H3,(H,23,27). The normalized spacial score (nSPS) is 11.1. The number of fused-ring (bicyclic) bond motifs is 1. The lowest BCUT2D eigenvalue weighted by molar-refractivity contribution is 0.0954. The van der Waals surface area contributed by atoms with Crippen molar-refractivity contribution in [2.24, 2.45) is 0 Å². The number of hydrogen-bond acceptors (Lipinski definition) is 4. The van der Waals surface area contributed by atoms with E-state index in [1.54, 1.807) is 35.6 Å². The Bertz CT molecular complexity index is 1150. The fourth-order valence-electron chi connectivity index (χ4n) is 2.87. The number of halogens is 2. The SMILES string of the molecule is Cc1c(CCNC(=O)c2ccccc2Cl)sc2nc(-c3ccc(Cl)cc3)nn12. The molecule has 4 rings (SSSR count). The average Bonchev–Trinajstić information content (AvgIpc) is 3.22. The van der Waals surface area contributed by atoms with E-state index in [4.69, 9.17) is 23.2 Å². The molecule has 0 bridgehead atoms. The number of rotatable bonds is 5. The van der Waals surface area contributed by atoms with Crippen molar-refractivity contribution < 1.29 is 4.79 Å². The van der Waals surface area contributed by atoms with Crippen LogP contribution in [0.1, 0.15) is 20.9 Å². The lowest BCUT2D eigenvalue weighted by Gasteiger charge is -2.06. The van der Waals surface area contributed by atoms with E-state index in [-0.39, 0.29) is 5.91 Å². The number of carbonyl (C=O) groups is 1. The Kier molecular flexibility index (Phi) is 5.35. The highest BCUT2D eigenvalue weighted by Gasteiger charge is 2.15. The molecule has 2 aromatic heterocycles. The molecule has 0 radical (unpaired) electrons. The van der Waals surface area contributed by atoms with Crippen molar-refractivity contribution in [3.05, 3.63) is 74.7 Å². The lowest BCUT2D eigenvalue weighted by Crippen LogP contribution is -2.25. The lowest BCUT2D eigenvalue weighted by atomic mass is 10.2. The van der Waals surface area contributed by atoms with Crippen molar-refractivity contribution >= 4 is 45.4 Å². The van der Waals surface area contributed by atoms with Gasteiger partial charge in [0.15, 0.2) is 5.82 Å². The summed E-state index contributed by atoms with van der Waals surface area (Å²) in [6, 6.07) is 14.5. The summed E-state index contributed by atoms with van der Waals surface area (Å²) in [5.74, 6) is 0.498. The van der Waals surface area contributed by atoms with Crippen LogP contribution in [0.25, 0.3) is 16.3 Å². The van der Waals surface area contributed by atoms with Crippen LogP contribution in [-0.2, 0) is 6.42 Å². The largest absolute Gasteiger partial charge is 0.352 e. The van der Waals surface area contributed by atoms with Crippen molar-refractivity contribution in [3.8, 4) is 11.4 Å². The van der Waals surface area contributed by atoms with Crippen LogP contribution in [0.3, 0.4) is 0 Å². The monoisotopic (exact) mass is 430 g/mol. The Morgan fingerprint density at radius 2 is 1.89 bits per heavy atom. The molecule has 142 valence electrons. The van der Waals surface area contributed by atoms with Crippen molar-refractivity contribution in [2.45, 2.75) is 13.3 Å². The zero-order valence-electron chi connectivity index (χ0n) is 14.9. The molecule has 0 saturated carbocycles. The number of nitrogens with one attached hydrogen (secondary N) is 1. The molecule has 0 fully saturated rings. The third kappa shape index (κ3) is 3.76. The molecule has 0 atom stereocenters. The van der Waals surface area contributed by atoms with Crippen LogP contribution in [0.15, 0.2) is 48.5 Å². The maximum Gasteiger partial charge on any atom is 0.252 e. The van der Waals surface area contributed by atoms with Gasteiger partial charge in [0, 0.05) is 28.4 Å². The Hall–Kier alpha value is -2.41. The number of aromatic nitrogens is 3. The van der Waals surface area contributed by atoms with Gasteiger partial charge in [0.2, 0.25) is 4.96 Å². The number of aryl methyl sites for hydroxylation is 1. The van der Waals surface area contributed by atoms with Crippen LogP contribution >= 0.6 is 34.5 Å². The van der Waals surface area contributed by atoms with Crippen molar-refractivity contribution in [1.82, 2.24) is 19.9 Å². The second-order valence-electron chi connectivity index (χ2n) is 6.23. The number of amides is 1. The van der Waals surface area contributed by atoms with Crippen LogP contribution in [0.5, 0.6) is 0 Å². The van der Waals surface area contributed by atoms with Gasteiger partial charge in [-0.15, -0.1) is 5.10 Å². The first-order valence-electron chi connectivity index (χ1n) is 8.66. The number of thiazole rings is 1. The van der Waals surface area contributed by atoms with Crippen LogP contribution in [-0.4, -0.2) is 27.0 Å². The maximum absolute atomic E-state index is 12.3. The van der Waals surface area contributed by atoms with Gasteiger partial charge in [0.1, 0.15) is 0 Å². The number of hydrogen-bond donors (Lipinski definition) is 1. The van der Waals surface area contributed by atoms with E-state index in [0.717, 1.165) is 21.1 Å². The first-order valence-corrected chi connectivity index (χ1v) is 10.2. The Labute approximate surface area is 175 Å². The van der Waals surface area contributed by atoms with Crippen molar-refractivity contribution in [2.75, 3.05) is 6.54 Å². The second kappa shape index (κ2) is 7.91. The minimum absolute atomic E-state index is 0.173. The molecule has 2 aromatic carbocycles. The van der Waals surface area contributed by atoms with Gasteiger partial charge in [0.25, 0.3) is 5.91 Å². The molecular weight excluding hydrogens is 415 g/mol. The van der Waals surface area contributed by atoms with E-state index in [9.17, 15) is 4.79 Å². The molecule has 0 aliphatic carbocycles. The molecule has 0 aliphatic rings. The van der Waals surface area contributed by atoms with Gasteiger partial charge in [-0.3, -0.25) is 4.79 Å². The van der Waals surface area contributed by atoms with E-state index < -0.39 is 0 Å². The third-order valence-corrected chi connectivity index (χ3v) is 6.15. The van der Waals surface area contributed by atoms with Gasteiger partial charge in [-0.25, -0.2) is 4.52 Å². The Morgan fingerprint density at radius 1 is 1.14 bits per heavy atom. The molecular formula is C20H16Cl2N4OS. The molecule has 0 spiro atoms. The van der Waals surface area contributed by atoms with E-state index in [0.29, 0.717) is 34.4 Å². The van der Waals surface area contributed by atoms with Gasteiger partial charge in [-0.2, -0.15) is 4.98 Å². The highest BCUT2D eigenvalue weighted by Crippen LogP contribution is 2.26. The topological polar surface area (TPSA) is 59.3 Å². The van der Waals surface area contributed by atoms with E-state index in [2.05, 4.69) is 15.4 Å². The second-order valence-corrected chi connectivity index (χ2v) is 8.14. The summed E-state index contributed by atoms with van der Waals surface area (Å²) >= 11 is 13.6. The van der Waals surface area contributed by atoms with Crippen molar-refractivity contribution in [1.29, 1.82) is 0 Å². The Balaban J connectivity index is 1.45. The fraction of sp³-hybridized carbons (Fsp3) is 0.150. The van der Waals surface area contributed by atoms with Gasteiger partial charge >= 0.3 is 0 Å². The predicted molar refractivity (Wildman–Crippen MR) is 114 cm³/mol. The molecule has 28 heavy (non-hydrogen) atoms. The fourth-order valence-corrected chi connectivity index (χ4v) is 4.27. The summed E-state index contributed by atoms with van der Waals surface area (Å²) in [5, 5.41) is 8.65. The summed E-state index contributed by atoms with van der Waals surface area (Å²) in [5.41, 5.74) is 2.43. The molecule has 0 aliphatic heterocycles. The van der Waals surface area contributed by atoms with Gasteiger partial charge in [0.05, 0.1) is 16.3 Å². The smallest absolute Gasteiger partial charge is 0.252 e. The first-order chi connectivity index (χ1) is 13.5. The van der Waals surface area contributed by atoms with Crippen LogP contribution in [0, 0.1) is 6.92 Å². The quantitative estimate of drug-likeness (QED) is 0.481. The summed E-state index contributed by atoms with van der Waals surface area (Å²) in [6.07, 6.45) is 0.702. The number of carbonyl (C=O) groups excluding carboxylic acids is 1. The molecule has 8 heteroatoms. The van der Waals surface area contributed by atoms with Crippen LogP contribution < -0.4 is 5.32 Å². The minimum atomic E-state index is -0.173. The van der Waals surface area contributed by atoms with E-state index in [1.165, 1.54) is 0 Å². The molecule has 1 amide bonds. The van der Waals surface area contributed by atoms with Crippen molar-refractivity contribution in [3.63, 3.8) is 0 Å². The summed E-state index contributed by atoms with van der Waals surface area (Å²) in [7, 11) is 0. The van der Waals surface area contributed by atoms with Gasteiger partial charge in [-0.1, -0.05) is 46.7 Å². The van der Waals surface area contributed by atoms with E-state index in [1.807, 2.05) is 35.7 Å². The molecule has 2 heterocycles. The zero-order chi connectivity index (χ0) is 19.7.